The first-order chi connectivity index (χ1) is 8.10. The minimum Gasteiger partial charge on any atom is -0.377 e. The molecule has 0 radical (unpaired) electrons. The van der Waals surface area contributed by atoms with Gasteiger partial charge < -0.3 is 10.1 Å². The van der Waals surface area contributed by atoms with Crippen LogP contribution in [-0.4, -0.2) is 25.3 Å². The zero-order valence-corrected chi connectivity index (χ0v) is 12.8. The first-order valence-corrected chi connectivity index (χ1v) is 7.38. The summed E-state index contributed by atoms with van der Waals surface area (Å²) in [6, 6.07) is 0.481. The van der Waals surface area contributed by atoms with Crippen molar-refractivity contribution in [3.8, 4) is 0 Å². The highest BCUT2D eigenvalue weighted by Gasteiger charge is 2.35. The van der Waals surface area contributed by atoms with Gasteiger partial charge in [-0.2, -0.15) is 0 Å². The molecule has 0 aromatic heterocycles. The van der Waals surface area contributed by atoms with E-state index in [2.05, 4.69) is 39.9 Å². The molecule has 0 rings (SSSR count). The molecule has 0 aromatic carbocycles. The second-order valence-electron chi connectivity index (χ2n) is 5.22. The molecule has 17 heavy (non-hydrogen) atoms. The van der Waals surface area contributed by atoms with Gasteiger partial charge in [-0.05, 0) is 31.7 Å². The van der Waals surface area contributed by atoms with Crippen molar-refractivity contribution in [2.75, 3.05) is 13.7 Å². The van der Waals surface area contributed by atoms with Crippen molar-refractivity contribution < 1.29 is 4.74 Å². The van der Waals surface area contributed by atoms with Crippen molar-refractivity contribution in [3.05, 3.63) is 0 Å². The van der Waals surface area contributed by atoms with E-state index in [0.29, 0.717) is 6.04 Å². The monoisotopic (exact) mass is 243 g/mol. The summed E-state index contributed by atoms with van der Waals surface area (Å²) in [7, 11) is 1.86. The normalized spacial score (nSPS) is 15.9. The molecular weight excluding hydrogens is 210 g/mol. The number of methoxy groups -OCH3 is 1. The Bertz CT molecular complexity index is 169. The molecule has 2 heteroatoms. The van der Waals surface area contributed by atoms with Crippen LogP contribution in [0.1, 0.15) is 66.7 Å². The van der Waals surface area contributed by atoms with Crippen LogP contribution in [0, 0.1) is 5.92 Å². The van der Waals surface area contributed by atoms with Gasteiger partial charge in [-0.1, -0.05) is 47.5 Å². The molecule has 1 N–H and O–H groups in total. The van der Waals surface area contributed by atoms with E-state index in [9.17, 15) is 0 Å². The largest absolute Gasteiger partial charge is 0.377 e. The molecule has 0 aliphatic rings. The quantitative estimate of drug-likeness (QED) is 0.626. The zero-order valence-electron chi connectivity index (χ0n) is 12.8. The van der Waals surface area contributed by atoms with Crippen LogP contribution in [0.4, 0.5) is 0 Å². The number of nitrogens with one attached hydrogen (secondary N) is 1. The predicted octanol–water partition coefficient (Wildman–Crippen LogP) is 4.00. The molecule has 0 aliphatic heterocycles. The van der Waals surface area contributed by atoms with Crippen molar-refractivity contribution in [3.63, 3.8) is 0 Å². The second kappa shape index (κ2) is 8.93. The Hall–Kier alpha value is -0.0800. The topological polar surface area (TPSA) is 21.3 Å². The van der Waals surface area contributed by atoms with Crippen LogP contribution in [0.3, 0.4) is 0 Å². The van der Waals surface area contributed by atoms with E-state index >= 15 is 0 Å². The van der Waals surface area contributed by atoms with Gasteiger partial charge in [0.1, 0.15) is 0 Å². The van der Waals surface area contributed by atoms with Crippen molar-refractivity contribution in [1.82, 2.24) is 5.32 Å². The van der Waals surface area contributed by atoms with Crippen LogP contribution in [0.25, 0.3) is 0 Å². The average Bonchev–Trinajstić information content (AvgIpc) is 2.32. The maximum atomic E-state index is 5.87. The summed E-state index contributed by atoms with van der Waals surface area (Å²) >= 11 is 0. The lowest BCUT2D eigenvalue weighted by Crippen LogP contribution is -2.52. The lowest BCUT2D eigenvalue weighted by Gasteiger charge is -2.40. The van der Waals surface area contributed by atoms with Crippen molar-refractivity contribution in [2.24, 2.45) is 5.92 Å². The van der Waals surface area contributed by atoms with Gasteiger partial charge in [0.15, 0.2) is 0 Å². The van der Waals surface area contributed by atoms with E-state index in [-0.39, 0.29) is 5.60 Å². The fraction of sp³-hybridized carbons (Fsp3) is 1.00. The summed E-state index contributed by atoms with van der Waals surface area (Å²) < 4.78 is 5.87. The van der Waals surface area contributed by atoms with Gasteiger partial charge in [-0.15, -0.1) is 0 Å². The summed E-state index contributed by atoms with van der Waals surface area (Å²) in [5, 5.41) is 3.64. The maximum Gasteiger partial charge on any atom is 0.0825 e. The third kappa shape index (κ3) is 4.97. The van der Waals surface area contributed by atoms with E-state index in [4.69, 9.17) is 4.74 Å². The van der Waals surface area contributed by atoms with Crippen LogP contribution in [-0.2, 0) is 4.74 Å². The summed E-state index contributed by atoms with van der Waals surface area (Å²) in [5.74, 6) is 0.775. The molecule has 2 atom stereocenters. The third-order valence-electron chi connectivity index (χ3n) is 4.11. The molecule has 2 unspecified atom stereocenters. The predicted molar refractivity (Wildman–Crippen MR) is 76.5 cm³/mol. The summed E-state index contributed by atoms with van der Waals surface area (Å²) in [6.07, 6.45) is 5.97. The van der Waals surface area contributed by atoms with Crippen LogP contribution in [0.5, 0.6) is 0 Å². The van der Waals surface area contributed by atoms with Gasteiger partial charge in [0.2, 0.25) is 0 Å². The van der Waals surface area contributed by atoms with Gasteiger partial charge in [0.25, 0.3) is 0 Å². The van der Waals surface area contributed by atoms with E-state index in [1.165, 1.54) is 19.3 Å². The molecule has 0 saturated carbocycles. The molecule has 0 amide bonds. The minimum atomic E-state index is 0.0119. The smallest absolute Gasteiger partial charge is 0.0825 e. The van der Waals surface area contributed by atoms with Crippen molar-refractivity contribution >= 4 is 0 Å². The molecule has 104 valence electrons. The molecule has 0 saturated heterocycles. The zero-order chi connectivity index (χ0) is 13.3. The van der Waals surface area contributed by atoms with Gasteiger partial charge >= 0.3 is 0 Å². The molecule has 0 fully saturated rings. The van der Waals surface area contributed by atoms with Crippen LogP contribution in [0.2, 0.25) is 0 Å². The van der Waals surface area contributed by atoms with E-state index in [1.54, 1.807) is 0 Å². The Morgan fingerprint density at radius 3 is 2.06 bits per heavy atom. The number of likely N-dealkylation sites (N-methyl/N-ethyl adjacent to an activating group) is 1. The highest BCUT2D eigenvalue weighted by atomic mass is 16.5. The molecular formula is C15H33NO. The lowest BCUT2D eigenvalue weighted by atomic mass is 9.82. The van der Waals surface area contributed by atoms with Gasteiger partial charge in [0, 0.05) is 13.2 Å². The van der Waals surface area contributed by atoms with Gasteiger partial charge in [0.05, 0.1) is 5.60 Å². The van der Waals surface area contributed by atoms with Crippen LogP contribution < -0.4 is 5.32 Å². The molecule has 0 spiro atoms. The Morgan fingerprint density at radius 1 is 1.12 bits per heavy atom. The first-order valence-electron chi connectivity index (χ1n) is 7.38. The Balaban J connectivity index is 4.67. The van der Waals surface area contributed by atoms with E-state index in [1.807, 2.05) is 7.11 Å². The molecule has 0 heterocycles. The second-order valence-corrected chi connectivity index (χ2v) is 5.22. The fourth-order valence-corrected chi connectivity index (χ4v) is 2.92. The standard InChI is InChI=1S/C15H33NO/c1-7-11-13(5)12-14(16-10-4)15(8-2,9-3)17-6/h13-14,16H,7-12H2,1-6H3. The highest BCUT2D eigenvalue weighted by Crippen LogP contribution is 2.29. The molecule has 0 aromatic rings. The summed E-state index contributed by atoms with van der Waals surface area (Å²) in [5.41, 5.74) is 0.0119. The minimum absolute atomic E-state index is 0.0119. The number of hydrogen-bond acceptors (Lipinski definition) is 2. The third-order valence-corrected chi connectivity index (χ3v) is 4.11. The highest BCUT2D eigenvalue weighted by molar-refractivity contribution is 4.92. The van der Waals surface area contributed by atoms with Gasteiger partial charge in [-0.25, -0.2) is 0 Å². The Kier molecular flexibility index (Phi) is 8.89. The van der Waals surface area contributed by atoms with Crippen LogP contribution >= 0.6 is 0 Å². The Morgan fingerprint density at radius 2 is 1.71 bits per heavy atom. The SMILES string of the molecule is CCCC(C)CC(NCC)C(CC)(CC)OC. The van der Waals surface area contributed by atoms with Crippen LogP contribution in [0.15, 0.2) is 0 Å². The maximum absolute atomic E-state index is 5.87. The van der Waals surface area contributed by atoms with E-state index < -0.39 is 0 Å². The summed E-state index contributed by atoms with van der Waals surface area (Å²) in [4.78, 5) is 0. The average molecular weight is 243 g/mol. The number of hydrogen-bond donors (Lipinski definition) is 1. The molecule has 0 bridgehead atoms. The Labute approximate surface area is 109 Å². The number of ether oxygens (including phenoxy) is 1. The van der Waals surface area contributed by atoms with Crippen molar-refractivity contribution in [2.45, 2.75) is 78.4 Å². The van der Waals surface area contributed by atoms with E-state index in [0.717, 1.165) is 25.3 Å². The first kappa shape index (κ1) is 16.9. The number of rotatable bonds is 10. The van der Waals surface area contributed by atoms with Gasteiger partial charge in [-0.3, -0.25) is 0 Å². The van der Waals surface area contributed by atoms with Crippen molar-refractivity contribution in [1.29, 1.82) is 0 Å². The molecule has 2 nitrogen and oxygen atoms in total. The fourth-order valence-electron chi connectivity index (χ4n) is 2.92. The molecule has 0 aliphatic carbocycles. The summed E-state index contributed by atoms with van der Waals surface area (Å²) in [6.45, 7) is 12.3. The lowest BCUT2D eigenvalue weighted by molar-refractivity contribution is -0.0524.